The summed E-state index contributed by atoms with van der Waals surface area (Å²) in [6.45, 7) is 0. The quantitative estimate of drug-likeness (QED) is 0.752. The van der Waals surface area contributed by atoms with E-state index in [1.165, 1.54) is 73.6 Å². The molecule has 0 aliphatic heterocycles. The van der Waals surface area contributed by atoms with Gasteiger partial charge in [0, 0.05) is 11.3 Å². The third-order valence-electron chi connectivity index (χ3n) is 5.23. The van der Waals surface area contributed by atoms with Crippen LogP contribution in [0.2, 0.25) is 0 Å². The summed E-state index contributed by atoms with van der Waals surface area (Å²) < 4.78 is 0. The summed E-state index contributed by atoms with van der Waals surface area (Å²) in [6, 6.07) is 11.2. The topological polar surface area (TPSA) is 26.0 Å². The Kier molecular flexibility index (Phi) is 3.21. The number of anilines is 1. The molecule has 2 N–H and O–H groups in total. The summed E-state index contributed by atoms with van der Waals surface area (Å²) in [4.78, 5) is 0. The van der Waals surface area contributed by atoms with Crippen LogP contribution in [0.3, 0.4) is 0 Å². The predicted molar refractivity (Wildman–Crippen MR) is 89.6 cm³/mol. The molecule has 0 aromatic heterocycles. The van der Waals surface area contributed by atoms with Crippen molar-refractivity contribution < 1.29 is 0 Å². The highest BCUT2D eigenvalue weighted by atomic mass is 14.6. The predicted octanol–water partition coefficient (Wildman–Crippen LogP) is 4.69. The lowest BCUT2D eigenvalue weighted by molar-refractivity contribution is 0.682. The van der Waals surface area contributed by atoms with E-state index in [1.54, 1.807) is 11.1 Å². The van der Waals surface area contributed by atoms with Crippen LogP contribution in [0.15, 0.2) is 30.3 Å². The Morgan fingerprint density at radius 2 is 1.33 bits per heavy atom. The zero-order chi connectivity index (χ0) is 14.2. The van der Waals surface area contributed by atoms with Crippen molar-refractivity contribution in [3.63, 3.8) is 0 Å². The van der Waals surface area contributed by atoms with Gasteiger partial charge in [-0.05, 0) is 85.3 Å². The molecule has 2 aliphatic carbocycles. The summed E-state index contributed by atoms with van der Waals surface area (Å²) in [5.41, 5.74) is 16.3. The van der Waals surface area contributed by atoms with Gasteiger partial charge < -0.3 is 5.73 Å². The number of nitrogens with two attached hydrogens (primary N) is 1. The maximum Gasteiger partial charge on any atom is 0.0396 e. The molecule has 0 unspecified atom stereocenters. The zero-order valence-electron chi connectivity index (χ0n) is 12.6. The second kappa shape index (κ2) is 5.22. The number of aryl methyl sites for hydroxylation is 2. The van der Waals surface area contributed by atoms with Gasteiger partial charge in [0.15, 0.2) is 0 Å². The first-order valence-electron chi connectivity index (χ1n) is 8.36. The van der Waals surface area contributed by atoms with E-state index in [-0.39, 0.29) is 0 Å². The van der Waals surface area contributed by atoms with Crippen molar-refractivity contribution in [3.8, 4) is 11.1 Å². The first-order valence-corrected chi connectivity index (χ1v) is 8.36. The maximum absolute atomic E-state index is 6.41. The molecule has 2 aromatic carbocycles. The third-order valence-corrected chi connectivity index (χ3v) is 5.23. The highest BCUT2D eigenvalue weighted by molar-refractivity contribution is 5.83. The Bertz CT molecular complexity index is 684. The summed E-state index contributed by atoms with van der Waals surface area (Å²) in [5, 5.41) is 0. The Hall–Kier alpha value is -1.76. The number of benzene rings is 2. The molecule has 2 aromatic rings. The third kappa shape index (κ3) is 2.16. The molecule has 0 spiro atoms. The minimum Gasteiger partial charge on any atom is -0.398 e. The van der Waals surface area contributed by atoms with Crippen molar-refractivity contribution in [2.24, 2.45) is 0 Å². The van der Waals surface area contributed by atoms with Gasteiger partial charge in [-0.15, -0.1) is 0 Å². The number of hydrogen-bond acceptors (Lipinski definition) is 1. The lowest BCUT2D eigenvalue weighted by atomic mass is 9.80. The number of hydrogen-bond donors (Lipinski definition) is 1. The number of nitrogen functional groups attached to an aromatic ring is 1. The Labute approximate surface area is 127 Å². The molecule has 0 saturated carbocycles. The van der Waals surface area contributed by atoms with Crippen molar-refractivity contribution in [2.75, 3.05) is 5.73 Å². The Balaban J connectivity index is 1.95. The molecule has 0 heterocycles. The summed E-state index contributed by atoms with van der Waals surface area (Å²) in [7, 11) is 0. The van der Waals surface area contributed by atoms with E-state index in [1.807, 2.05) is 0 Å². The first kappa shape index (κ1) is 12.9. The lowest BCUT2D eigenvalue weighted by Crippen LogP contribution is -2.10. The van der Waals surface area contributed by atoms with Crippen LogP contribution >= 0.6 is 0 Å². The first-order chi connectivity index (χ1) is 10.3. The Morgan fingerprint density at radius 1 is 0.667 bits per heavy atom. The van der Waals surface area contributed by atoms with Gasteiger partial charge in [0.25, 0.3) is 0 Å². The van der Waals surface area contributed by atoms with Crippen LogP contribution in [0.25, 0.3) is 11.1 Å². The molecule has 0 saturated heterocycles. The second-order valence-electron chi connectivity index (χ2n) is 6.52. The Morgan fingerprint density at radius 3 is 2.14 bits per heavy atom. The zero-order valence-corrected chi connectivity index (χ0v) is 12.6. The van der Waals surface area contributed by atoms with Gasteiger partial charge in [0.05, 0.1) is 0 Å². The van der Waals surface area contributed by atoms with Crippen LogP contribution in [0.5, 0.6) is 0 Å². The van der Waals surface area contributed by atoms with Crippen LogP contribution in [-0.4, -0.2) is 0 Å². The standard InChI is InChI=1S/C20H23N/c21-19-13-12-15-7-2-4-10-17(15)20(19)18-11-5-8-14-6-1-3-9-16(14)18/h5,8,11-13H,1-4,6-7,9-10,21H2. The average Bonchev–Trinajstić information content (AvgIpc) is 2.54. The van der Waals surface area contributed by atoms with Crippen molar-refractivity contribution in [3.05, 3.63) is 52.6 Å². The molecular formula is C20H23N. The fraction of sp³-hybridized carbons (Fsp3) is 0.400. The van der Waals surface area contributed by atoms with Gasteiger partial charge in [-0.1, -0.05) is 24.3 Å². The lowest BCUT2D eigenvalue weighted by Gasteiger charge is -2.25. The molecule has 4 rings (SSSR count). The molecule has 0 fully saturated rings. The molecule has 108 valence electrons. The molecule has 0 amide bonds. The molecule has 21 heavy (non-hydrogen) atoms. The van der Waals surface area contributed by atoms with Crippen LogP contribution in [-0.2, 0) is 25.7 Å². The molecule has 2 aliphatic rings. The highest BCUT2D eigenvalue weighted by Crippen LogP contribution is 2.40. The van der Waals surface area contributed by atoms with Crippen molar-refractivity contribution in [2.45, 2.75) is 51.4 Å². The van der Waals surface area contributed by atoms with Crippen LogP contribution in [0.4, 0.5) is 5.69 Å². The number of fused-ring (bicyclic) bond motifs is 2. The minimum atomic E-state index is 0.967. The summed E-state index contributed by atoms with van der Waals surface area (Å²) in [6.07, 6.45) is 10.1. The smallest absolute Gasteiger partial charge is 0.0396 e. The van der Waals surface area contributed by atoms with Gasteiger partial charge in [-0.3, -0.25) is 0 Å². The van der Waals surface area contributed by atoms with Crippen molar-refractivity contribution >= 4 is 5.69 Å². The molecule has 0 bridgehead atoms. The fourth-order valence-corrected chi connectivity index (χ4v) is 4.18. The normalized spacial score (nSPS) is 17.1. The van der Waals surface area contributed by atoms with Crippen LogP contribution in [0.1, 0.15) is 47.9 Å². The molecular weight excluding hydrogens is 254 g/mol. The van der Waals surface area contributed by atoms with E-state index in [9.17, 15) is 0 Å². The van der Waals surface area contributed by atoms with E-state index in [0.29, 0.717) is 0 Å². The maximum atomic E-state index is 6.41. The molecule has 0 atom stereocenters. The van der Waals surface area contributed by atoms with Crippen molar-refractivity contribution in [1.29, 1.82) is 0 Å². The highest BCUT2D eigenvalue weighted by Gasteiger charge is 2.21. The van der Waals surface area contributed by atoms with Gasteiger partial charge >= 0.3 is 0 Å². The second-order valence-corrected chi connectivity index (χ2v) is 6.52. The van der Waals surface area contributed by atoms with Crippen LogP contribution in [0, 0.1) is 0 Å². The monoisotopic (exact) mass is 277 g/mol. The van der Waals surface area contributed by atoms with Gasteiger partial charge in [0.2, 0.25) is 0 Å². The minimum absolute atomic E-state index is 0.967. The van der Waals surface area contributed by atoms with E-state index < -0.39 is 0 Å². The van der Waals surface area contributed by atoms with E-state index >= 15 is 0 Å². The SMILES string of the molecule is Nc1ccc2c(c1-c1cccc3c1CCCC3)CCCC2. The van der Waals surface area contributed by atoms with E-state index in [4.69, 9.17) is 5.73 Å². The number of rotatable bonds is 1. The average molecular weight is 277 g/mol. The summed E-state index contributed by atoms with van der Waals surface area (Å²) in [5.74, 6) is 0. The molecule has 1 heteroatoms. The molecule has 1 nitrogen and oxygen atoms in total. The van der Waals surface area contributed by atoms with Gasteiger partial charge in [-0.2, -0.15) is 0 Å². The van der Waals surface area contributed by atoms with Gasteiger partial charge in [0.1, 0.15) is 0 Å². The van der Waals surface area contributed by atoms with E-state index in [2.05, 4.69) is 30.3 Å². The summed E-state index contributed by atoms with van der Waals surface area (Å²) >= 11 is 0. The molecule has 0 radical (unpaired) electrons. The van der Waals surface area contributed by atoms with Crippen LogP contribution < -0.4 is 5.73 Å². The largest absolute Gasteiger partial charge is 0.398 e. The van der Waals surface area contributed by atoms with E-state index in [0.717, 1.165) is 5.69 Å². The van der Waals surface area contributed by atoms with Gasteiger partial charge in [-0.25, -0.2) is 0 Å². The fourth-order valence-electron chi connectivity index (χ4n) is 4.18. The van der Waals surface area contributed by atoms with Crippen molar-refractivity contribution in [1.82, 2.24) is 0 Å².